The number of ether oxygens (including phenoxy) is 2. The molecule has 0 atom stereocenters. The second kappa shape index (κ2) is 9.75. The molecule has 2 heterocycles. The van der Waals surface area contributed by atoms with E-state index in [2.05, 4.69) is 5.32 Å². The fraction of sp³-hybridized carbons (Fsp3) is 0.364. The van der Waals surface area contributed by atoms with Crippen molar-refractivity contribution in [3.05, 3.63) is 63.7 Å². The maximum atomic E-state index is 12.7. The summed E-state index contributed by atoms with van der Waals surface area (Å²) in [5.41, 5.74) is 1.55. The lowest BCUT2D eigenvalue weighted by molar-refractivity contribution is -0.384. The Morgan fingerprint density at radius 2 is 1.47 bits per heavy atom. The molecular weight excluding hydrogens is 416 g/mol. The van der Waals surface area contributed by atoms with Gasteiger partial charge in [-0.3, -0.25) is 19.7 Å². The average molecular weight is 440 g/mol. The predicted octanol–water partition coefficient (Wildman–Crippen LogP) is 2.16. The second-order valence-electron chi connectivity index (χ2n) is 7.50. The Kier molecular flexibility index (Phi) is 6.62. The molecule has 2 aromatic carbocycles. The molecule has 0 spiro atoms. The standard InChI is InChI=1S/C22H24N4O6/c27-21(17-3-6-19(20(15-17)26(29)30)24-7-11-31-12-8-24)23-18-4-1-16(2-5-18)22(28)25-9-13-32-14-10-25/h1-6,15H,7-14H2,(H,23,27). The molecule has 2 amide bonds. The van der Waals surface area contributed by atoms with E-state index in [1.54, 1.807) is 41.3 Å². The number of anilines is 2. The van der Waals surface area contributed by atoms with Crippen LogP contribution in [0.15, 0.2) is 42.5 Å². The molecule has 2 fully saturated rings. The molecule has 0 saturated carbocycles. The minimum Gasteiger partial charge on any atom is -0.378 e. The van der Waals surface area contributed by atoms with Crippen LogP contribution in [0.2, 0.25) is 0 Å². The summed E-state index contributed by atoms with van der Waals surface area (Å²) < 4.78 is 10.6. The second-order valence-corrected chi connectivity index (χ2v) is 7.50. The molecule has 0 aromatic heterocycles. The molecular formula is C22H24N4O6. The minimum absolute atomic E-state index is 0.0829. The summed E-state index contributed by atoms with van der Waals surface area (Å²) in [4.78, 5) is 39.9. The van der Waals surface area contributed by atoms with E-state index in [0.717, 1.165) is 0 Å². The van der Waals surface area contributed by atoms with Crippen LogP contribution in [-0.4, -0.2) is 74.2 Å². The first-order chi connectivity index (χ1) is 15.5. The molecule has 0 bridgehead atoms. The first kappa shape index (κ1) is 21.7. The van der Waals surface area contributed by atoms with Gasteiger partial charge in [-0.05, 0) is 36.4 Å². The fourth-order valence-electron chi connectivity index (χ4n) is 3.73. The highest BCUT2D eigenvalue weighted by atomic mass is 16.6. The van der Waals surface area contributed by atoms with Crippen molar-refractivity contribution in [3.63, 3.8) is 0 Å². The molecule has 0 radical (unpaired) electrons. The van der Waals surface area contributed by atoms with Crippen molar-refractivity contribution in [2.24, 2.45) is 0 Å². The molecule has 10 heteroatoms. The monoisotopic (exact) mass is 440 g/mol. The van der Waals surface area contributed by atoms with Gasteiger partial charge >= 0.3 is 0 Å². The van der Waals surface area contributed by atoms with Crippen molar-refractivity contribution in [3.8, 4) is 0 Å². The first-order valence-corrected chi connectivity index (χ1v) is 10.4. The number of nitro benzene ring substituents is 1. The molecule has 0 aliphatic carbocycles. The largest absolute Gasteiger partial charge is 0.378 e. The maximum absolute atomic E-state index is 12.7. The van der Waals surface area contributed by atoms with Crippen molar-refractivity contribution in [1.29, 1.82) is 0 Å². The highest BCUT2D eigenvalue weighted by molar-refractivity contribution is 6.05. The number of amides is 2. The van der Waals surface area contributed by atoms with Gasteiger partial charge in [0.25, 0.3) is 17.5 Å². The van der Waals surface area contributed by atoms with E-state index in [0.29, 0.717) is 69.5 Å². The van der Waals surface area contributed by atoms with Gasteiger partial charge in [0.15, 0.2) is 0 Å². The van der Waals surface area contributed by atoms with Crippen molar-refractivity contribution < 1.29 is 24.0 Å². The highest BCUT2D eigenvalue weighted by Gasteiger charge is 2.23. The Morgan fingerprint density at radius 1 is 0.875 bits per heavy atom. The zero-order chi connectivity index (χ0) is 22.5. The zero-order valence-electron chi connectivity index (χ0n) is 17.5. The Labute approximate surface area is 184 Å². The molecule has 32 heavy (non-hydrogen) atoms. The topological polar surface area (TPSA) is 114 Å². The maximum Gasteiger partial charge on any atom is 0.293 e. The molecule has 2 aromatic rings. The van der Waals surface area contributed by atoms with Gasteiger partial charge in [-0.2, -0.15) is 0 Å². The van der Waals surface area contributed by atoms with Crippen LogP contribution < -0.4 is 10.2 Å². The number of rotatable bonds is 5. The molecule has 168 valence electrons. The summed E-state index contributed by atoms with van der Waals surface area (Å²) >= 11 is 0. The number of carbonyl (C=O) groups is 2. The highest BCUT2D eigenvalue weighted by Crippen LogP contribution is 2.30. The number of hydrogen-bond donors (Lipinski definition) is 1. The van der Waals surface area contributed by atoms with Crippen molar-refractivity contribution in [2.75, 3.05) is 62.8 Å². The van der Waals surface area contributed by atoms with Crippen LogP contribution in [0.4, 0.5) is 17.1 Å². The van der Waals surface area contributed by atoms with Crippen LogP contribution in [0.1, 0.15) is 20.7 Å². The molecule has 1 N–H and O–H groups in total. The van der Waals surface area contributed by atoms with Gasteiger partial charge in [-0.25, -0.2) is 0 Å². The van der Waals surface area contributed by atoms with Crippen LogP contribution >= 0.6 is 0 Å². The number of nitrogens with one attached hydrogen (secondary N) is 1. The summed E-state index contributed by atoms with van der Waals surface area (Å²) in [5.74, 6) is -0.547. The van der Waals surface area contributed by atoms with Crippen molar-refractivity contribution in [2.45, 2.75) is 0 Å². The van der Waals surface area contributed by atoms with Crippen molar-refractivity contribution >= 4 is 28.9 Å². The average Bonchev–Trinajstić information content (AvgIpc) is 2.84. The van der Waals surface area contributed by atoms with Gasteiger partial charge < -0.3 is 24.6 Å². The Morgan fingerprint density at radius 3 is 2.09 bits per heavy atom. The zero-order valence-corrected chi connectivity index (χ0v) is 17.5. The Balaban J connectivity index is 1.45. The Bertz CT molecular complexity index is 998. The first-order valence-electron chi connectivity index (χ1n) is 10.4. The smallest absolute Gasteiger partial charge is 0.293 e. The van der Waals surface area contributed by atoms with E-state index < -0.39 is 10.8 Å². The third-order valence-electron chi connectivity index (χ3n) is 5.47. The number of hydrogen-bond acceptors (Lipinski definition) is 7. The lowest BCUT2D eigenvalue weighted by Crippen LogP contribution is -2.40. The van der Waals surface area contributed by atoms with Crippen molar-refractivity contribution in [1.82, 2.24) is 4.90 Å². The van der Waals surface area contributed by atoms with Gasteiger partial charge in [-0.1, -0.05) is 0 Å². The summed E-state index contributed by atoms with van der Waals surface area (Å²) in [7, 11) is 0. The van der Waals surface area contributed by atoms with E-state index in [1.807, 2.05) is 4.90 Å². The fourth-order valence-corrected chi connectivity index (χ4v) is 3.73. The Hall–Kier alpha value is -3.50. The summed E-state index contributed by atoms with van der Waals surface area (Å²) in [5, 5.41) is 14.3. The number of nitrogens with zero attached hydrogens (tertiary/aromatic N) is 3. The van der Waals surface area contributed by atoms with E-state index in [9.17, 15) is 19.7 Å². The number of morpholine rings is 2. The van der Waals surface area contributed by atoms with Crippen LogP contribution in [0.5, 0.6) is 0 Å². The molecule has 2 aliphatic heterocycles. The minimum atomic E-state index is -0.479. The van der Waals surface area contributed by atoms with Crippen LogP contribution in [0.25, 0.3) is 0 Å². The normalized spacial score (nSPS) is 16.5. The number of benzene rings is 2. The summed E-state index contributed by atoms with van der Waals surface area (Å²) in [6.07, 6.45) is 0. The van der Waals surface area contributed by atoms with E-state index in [-0.39, 0.29) is 17.2 Å². The molecule has 4 rings (SSSR count). The third-order valence-corrected chi connectivity index (χ3v) is 5.47. The molecule has 2 aliphatic rings. The number of carbonyl (C=O) groups excluding carboxylic acids is 2. The quantitative estimate of drug-likeness (QED) is 0.560. The van der Waals surface area contributed by atoms with Gasteiger partial charge in [0.05, 0.1) is 31.4 Å². The van der Waals surface area contributed by atoms with E-state index >= 15 is 0 Å². The lowest BCUT2D eigenvalue weighted by atomic mass is 10.1. The molecule has 2 saturated heterocycles. The molecule has 10 nitrogen and oxygen atoms in total. The van der Waals surface area contributed by atoms with Crippen LogP contribution in [-0.2, 0) is 9.47 Å². The van der Waals surface area contributed by atoms with Gasteiger partial charge in [0, 0.05) is 49.1 Å². The van der Waals surface area contributed by atoms with Crippen LogP contribution in [0.3, 0.4) is 0 Å². The predicted molar refractivity (Wildman–Crippen MR) is 117 cm³/mol. The summed E-state index contributed by atoms with van der Waals surface area (Å²) in [6, 6.07) is 11.0. The lowest BCUT2D eigenvalue weighted by Gasteiger charge is -2.28. The van der Waals surface area contributed by atoms with Gasteiger partial charge in [0.1, 0.15) is 5.69 Å². The molecule has 0 unspecified atom stereocenters. The van der Waals surface area contributed by atoms with Gasteiger partial charge in [-0.15, -0.1) is 0 Å². The van der Waals surface area contributed by atoms with Gasteiger partial charge in [0.2, 0.25) is 0 Å². The third kappa shape index (κ3) is 4.87. The van der Waals surface area contributed by atoms with Crippen LogP contribution in [0, 0.1) is 10.1 Å². The SMILES string of the molecule is O=C(Nc1ccc(C(=O)N2CCOCC2)cc1)c1ccc(N2CCOCC2)c([N+](=O)[O-])c1. The number of nitro groups is 1. The van der Waals surface area contributed by atoms with E-state index in [4.69, 9.17) is 9.47 Å². The summed E-state index contributed by atoms with van der Waals surface area (Å²) in [6.45, 7) is 4.27. The van der Waals surface area contributed by atoms with E-state index in [1.165, 1.54) is 6.07 Å².